The lowest BCUT2D eigenvalue weighted by Gasteiger charge is -2.00. The van der Waals surface area contributed by atoms with E-state index in [4.69, 9.17) is 5.73 Å². The van der Waals surface area contributed by atoms with Gasteiger partial charge in [0.25, 0.3) is 0 Å². The minimum absolute atomic E-state index is 0.751. The third kappa shape index (κ3) is 2.39. The Labute approximate surface area is 92.4 Å². The SMILES string of the molecule is Nc1cc(CI)nnc1CI. The fraction of sp³-hybridized carbons (Fsp3) is 0.333. The van der Waals surface area contributed by atoms with Crippen molar-refractivity contribution in [3.8, 4) is 0 Å². The van der Waals surface area contributed by atoms with Gasteiger partial charge in [-0.3, -0.25) is 0 Å². The molecule has 0 aliphatic rings. The summed E-state index contributed by atoms with van der Waals surface area (Å²) in [7, 11) is 0. The Morgan fingerprint density at radius 3 is 2.45 bits per heavy atom. The normalized spacial score (nSPS) is 10.0. The number of hydrogen-bond donors (Lipinski definition) is 1. The number of anilines is 1. The zero-order valence-electron chi connectivity index (χ0n) is 5.72. The fourth-order valence-electron chi connectivity index (χ4n) is 0.643. The third-order valence-corrected chi connectivity index (χ3v) is 2.72. The molecule has 11 heavy (non-hydrogen) atoms. The first-order chi connectivity index (χ1) is 5.27. The van der Waals surface area contributed by atoms with E-state index in [0.717, 1.165) is 25.9 Å². The maximum atomic E-state index is 5.70. The average molecular weight is 375 g/mol. The van der Waals surface area contributed by atoms with Gasteiger partial charge in [-0.15, -0.1) is 0 Å². The van der Waals surface area contributed by atoms with Gasteiger partial charge in [-0.2, -0.15) is 10.2 Å². The Bertz CT molecular complexity index is 252. The molecular weight excluding hydrogens is 368 g/mol. The van der Waals surface area contributed by atoms with Crippen LogP contribution < -0.4 is 5.73 Å². The van der Waals surface area contributed by atoms with Gasteiger partial charge >= 0.3 is 0 Å². The number of nitrogen functional groups attached to an aromatic ring is 1. The van der Waals surface area contributed by atoms with Gasteiger partial charge in [0, 0.05) is 8.86 Å². The van der Waals surface area contributed by atoms with Gasteiger partial charge in [-0.1, -0.05) is 45.2 Å². The molecule has 0 atom stereocenters. The van der Waals surface area contributed by atoms with E-state index in [-0.39, 0.29) is 0 Å². The second kappa shape index (κ2) is 4.39. The molecule has 0 saturated carbocycles. The quantitative estimate of drug-likeness (QED) is 0.635. The fourth-order valence-corrected chi connectivity index (χ4v) is 1.61. The average Bonchev–Trinajstić information content (AvgIpc) is 2.04. The van der Waals surface area contributed by atoms with Crippen molar-refractivity contribution in [1.29, 1.82) is 0 Å². The minimum Gasteiger partial charge on any atom is -0.397 e. The highest BCUT2D eigenvalue weighted by atomic mass is 127. The molecule has 0 amide bonds. The molecule has 1 heterocycles. The molecule has 1 aromatic heterocycles. The summed E-state index contributed by atoms with van der Waals surface area (Å²) >= 11 is 4.45. The zero-order chi connectivity index (χ0) is 8.27. The summed E-state index contributed by atoms with van der Waals surface area (Å²) in [6.45, 7) is 0. The van der Waals surface area contributed by atoms with Gasteiger partial charge in [0.15, 0.2) is 0 Å². The van der Waals surface area contributed by atoms with Crippen molar-refractivity contribution < 1.29 is 0 Å². The molecule has 0 fully saturated rings. The van der Waals surface area contributed by atoms with Crippen LogP contribution in [0.15, 0.2) is 6.07 Å². The van der Waals surface area contributed by atoms with Crippen molar-refractivity contribution in [2.75, 3.05) is 5.73 Å². The molecule has 2 N–H and O–H groups in total. The molecule has 0 aliphatic heterocycles. The van der Waals surface area contributed by atoms with Crippen molar-refractivity contribution in [2.24, 2.45) is 0 Å². The van der Waals surface area contributed by atoms with Crippen LogP contribution in [0.4, 0.5) is 5.69 Å². The van der Waals surface area contributed by atoms with Crippen LogP contribution >= 0.6 is 45.2 Å². The third-order valence-electron chi connectivity index (χ3n) is 1.22. The predicted molar refractivity (Wildman–Crippen MR) is 61.9 cm³/mol. The molecule has 60 valence electrons. The molecule has 1 rings (SSSR count). The zero-order valence-corrected chi connectivity index (χ0v) is 10.0. The van der Waals surface area contributed by atoms with E-state index < -0.39 is 0 Å². The first-order valence-corrected chi connectivity index (χ1v) is 6.06. The van der Waals surface area contributed by atoms with Gasteiger partial charge in [0.2, 0.25) is 0 Å². The molecule has 5 heteroatoms. The van der Waals surface area contributed by atoms with E-state index in [1.807, 2.05) is 6.07 Å². The van der Waals surface area contributed by atoms with E-state index in [9.17, 15) is 0 Å². The molecule has 0 spiro atoms. The topological polar surface area (TPSA) is 51.8 Å². The van der Waals surface area contributed by atoms with Gasteiger partial charge in [-0.05, 0) is 6.07 Å². The molecule has 0 bridgehead atoms. The van der Waals surface area contributed by atoms with Crippen LogP contribution in [0.5, 0.6) is 0 Å². The van der Waals surface area contributed by atoms with Gasteiger partial charge in [0.1, 0.15) is 0 Å². The van der Waals surface area contributed by atoms with Crippen molar-refractivity contribution in [2.45, 2.75) is 8.86 Å². The summed E-state index contributed by atoms with van der Waals surface area (Å²) in [5.41, 5.74) is 8.26. The Morgan fingerprint density at radius 2 is 2.00 bits per heavy atom. The number of rotatable bonds is 2. The van der Waals surface area contributed by atoms with E-state index in [1.54, 1.807) is 0 Å². The first kappa shape index (κ1) is 9.43. The number of halogens is 2. The molecule has 0 aromatic carbocycles. The van der Waals surface area contributed by atoms with Crippen molar-refractivity contribution in [3.63, 3.8) is 0 Å². The second-order valence-corrected chi connectivity index (χ2v) is 3.53. The Morgan fingerprint density at radius 1 is 1.27 bits per heavy atom. The Hall–Kier alpha value is 0.340. The lowest BCUT2D eigenvalue weighted by molar-refractivity contribution is 0.940. The smallest absolute Gasteiger partial charge is 0.0957 e. The monoisotopic (exact) mass is 375 g/mol. The van der Waals surface area contributed by atoms with Crippen LogP contribution in [0, 0.1) is 0 Å². The van der Waals surface area contributed by atoms with E-state index >= 15 is 0 Å². The van der Waals surface area contributed by atoms with E-state index in [1.165, 1.54) is 0 Å². The summed E-state index contributed by atoms with van der Waals surface area (Å²) in [6, 6.07) is 1.88. The highest BCUT2D eigenvalue weighted by molar-refractivity contribution is 14.1. The number of hydrogen-bond acceptors (Lipinski definition) is 3. The van der Waals surface area contributed by atoms with Crippen LogP contribution in [0.3, 0.4) is 0 Å². The summed E-state index contributed by atoms with van der Waals surface area (Å²) in [5.74, 6) is 0. The second-order valence-electron chi connectivity index (χ2n) is 2.00. The van der Waals surface area contributed by atoms with Crippen molar-refractivity contribution in [3.05, 3.63) is 17.5 Å². The summed E-state index contributed by atoms with van der Waals surface area (Å²) in [6.07, 6.45) is 0. The van der Waals surface area contributed by atoms with E-state index in [2.05, 4.69) is 55.4 Å². The van der Waals surface area contributed by atoms with Crippen LogP contribution in [0.1, 0.15) is 11.4 Å². The number of alkyl halides is 2. The van der Waals surface area contributed by atoms with Crippen molar-refractivity contribution in [1.82, 2.24) is 10.2 Å². The highest BCUT2D eigenvalue weighted by Crippen LogP contribution is 2.13. The minimum atomic E-state index is 0.751. The maximum Gasteiger partial charge on any atom is 0.0957 e. The van der Waals surface area contributed by atoms with Crippen LogP contribution in [-0.2, 0) is 8.86 Å². The van der Waals surface area contributed by atoms with Gasteiger partial charge < -0.3 is 5.73 Å². The molecule has 0 radical (unpaired) electrons. The van der Waals surface area contributed by atoms with Crippen LogP contribution in [0.2, 0.25) is 0 Å². The molecule has 0 unspecified atom stereocenters. The Kier molecular flexibility index (Phi) is 3.76. The van der Waals surface area contributed by atoms with Crippen molar-refractivity contribution >= 4 is 50.9 Å². The summed E-state index contributed by atoms with van der Waals surface area (Å²) in [5, 5.41) is 7.97. The predicted octanol–water partition coefficient (Wildman–Crippen LogP) is 1.93. The summed E-state index contributed by atoms with van der Waals surface area (Å²) in [4.78, 5) is 0. The molecule has 3 nitrogen and oxygen atoms in total. The number of nitrogens with zero attached hydrogens (tertiary/aromatic N) is 2. The first-order valence-electron chi connectivity index (χ1n) is 3.00. The number of nitrogens with two attached hydrogens (primary N) is 1. The maximum absolute atomic E-state index is 5.70. The molecule has 0 aliphatic carbocycles. The largest absolute Gasteiger partial charge is 0.397 e. The number of aromatic nitrogens is 2. The standard InChI is InChI=1S/C6H7I2N3/c7-2-4-1-5(9)6(3-8)11-10-4/h1H,2-3H2,(H2,9,10). The Balaban J connectivity index is 2.99. The van der Waals surface area contributed by atoms with Crippen LogP contribution in [0.25, 0.3) is 0 Å². The lowest BCUT2D eigenvalue weighted by atomic mass is 10.3. The lowest BCUT2D eigenvalue weighted by Crippen LogP contribution is -2.00. The van der Waals surface area contributed by atoms with E-state index in [0.29, 0.717) is 0 Å². The summed E-state index contributed by atoms with van der Waals surface area (Å²) < 4.78 is 1.68. The van der Waals surface area contributed by atoms with Crippen LogP contribution in [-0.4, -0.2) is 10.2 Å². The molecule has 1 aromatic rings. The molecule has 0 saturated heterocycles. The molecular formula is C6H7I2N3. The highest BCUT2D eigenvalue weighted by Gasteiger charge is 2.00. The van der Waals surface area contributed by atoms with Gasteiger partial charge in [-0.25, -0.2) is 0 Å². The van der Waals surface area contributed by atoms with Gasteiger partial charge in [0.05, 0.1) is 17.1 Å².